The number of halogens is 1. The zero-order valence-electron chi connectivity index (χ0n) is 18.2. The largest absolute Gasteiger partial charge is 0.350 e. The number of hydrogen-bond donors (Lipinski definition) is 1. The average Bonchev–Trinajstić information content (AvgIpc) is 3.40. The molecule has 4 aromatic rings. The van der Waals surface area contributed by atoms with Crippen LogP contribution in [0.3, 0.4) is 0 Å². The van der Waals surface area contributed by atoms with Crippen molar-refractivity contribution in [3.8, 4) is 5.69 Å². The zero-order valence-corrected chi connectivity index (χ0v) is 18.2. The third-order valence-electron chi connectivity index (χ3n) is 6.19. The Kier molecular flexibility index (Phi) is 5.42. The Balaban J connectivity index is 1.54. The molecule has 5 rings (SSSR count). The lowest BCUT2D eigenvalue weighted by Gasteiger charge is -2.29. The lowest BCUT2D eigenvalue weighted by Crippen LogP contribution is -2.39. The minimum absolute atomic E-state index is 0.0254. The first-order valence-corrected chi connectivity index (χ1v) is 11.1. The molecule has 166 valence electrons. The molecule has 0 aliphatic carbocycles. The predicted molar refractivity (Wildman–Crippen MR) is 127 cm³/mol. The summed E-state index contributed by atoms with van der Waals surface area (Å²) < 4.78 is 15.3. The summed E-state index contributed by atoms with van der Waals surface area (Å²) in [5.74, 6) is -0.369. The van der Waals surface area contributed by atoms with Gasteiger partial charge in [-0.3, -0.25) is 9.59 Å². The standard InChI is InChI=1S/C27H24FN3O2/c1-2-25(32)29-23-17-26(33)31(27(23)18-6-4-3-5-7-18)22-12-13-24-19(16-22)14-15-30(24)21-10-8-20(28)9-11-21/h3-16,23,27H,2,17H2,1H3,(H,29,32)/t23-,27+/m1/s1. The first-order chi connectivity index (χ1) is 16.0. The highest BCUT2D eigenvalue weighted by Gasteiger charge is 2.42. The number of hydrogen-bond acceptors (Lipinski definition) is 2. The number of nitrogens with one attached hydrogen (secondary N) is 1. The highest BCUT2D eigenvalue weighted by molar-refractivity contribution is 6.00. The fourth-order valence-corrected chi connectivity index (χ4v) is 4.61. The quantitative estimate of drug-likeness (QED) is 0.466. The lowest BCUT2D eigenvalue weighted by molar-refractivity contribution is -0.121. The molecule has 1 aromatic heterocycles. The Morgan fingerprint density at radius 1 is 1.00 bits per heavy atom. The van der Waals surface area contributed by atoms with Gasteiger partial charge >= 0.3 is 0 Å². The fraction of sp³-hybridized carbons (Fsp3) is 0.185. The second-order valence-corrected chi connectivity index (χ2v) is 8.26. The third-order valence-corrected chi connectivity index (χ3v) is 6.19. The third kappa shape index (κ3) is 3.89. The summed E-state index contributed by atoms with van der Waals surface area (Å²) in [5, 5.41) is 4.01. The van der Waals surface area contributed by atoms with Gasteiger partial charge in [-0.1, -0.05) is 37.3 Å². The van der Waals surface area contributed by atoms with E-state index in [-0.39, 0.29) is 36.1 Å². The molecule has 5 nitrogen and oxygen atoms in total. The number of amides is 2. The molecule has 1 aliphatic rings. The molecule has 1 saturated heterocycles. The van der Waals surface area contributed by atoms with Crippen molar-refractivity contribution in [3.05, 3.63) is 96.4 Å². The van der Waals surface area contributed by atoms with Gasteiger partial charge in [-0.15, -0.1) is 0 Å². The van der Waals surface area contributed by atoms with Crippen LogP contribution >= 0.6 is 0 Å². The van der Waals surface area contributed by atoms with Gasteiger partial charge in [0.1, 0.15) is 5.82 Å². The van der Waals surface area contributed by atoms with Crippen molar-refractivity contribution in [2.75, 3.05) is 4.90 Å². The molecule has 0 bridgehead atoms. The second-order valence-electron chi connectivity index (χ2n) is 8.26. The van der Waals surface area contributed by atoms with Crippen LogP contribution in [0.2, 0.25) is 0 Å². The van der Waals surface area contributed by atoms with Gasteiger partial charge in [-0.2, -0.15) is 0 Å². The molecule has 1 aliphatic heterocycles. The number of benzene rings is 3. The molecule has 33 heavy (non-hydrogen) atoms. The number of carbonyl (C=O) groups is 2. The molecule has 0 spiro atoms. The number of nitrogens with zero attached hydrogens (tertiary/aromatic N) is 2. The number of rotatable bonds is 5. The topological polar surface area (TPSA) is 54.3 Å². The first-order valence-electron chi connectivity index (χ1n) is 11.1. The molecule has 0 unspecified atom stereocenters. The summed E-state index contributed by atoms with van der Waals surface area (Å²) in [5.41, 5.74) is 3.59. The summed E-state index contributed by atoms with van der Waals surface area (Å²) in [6, 6.07) is 23.5. The summed E-state index contributed by atoms with van der Waals surface area (Å²) in [6.07, 6.45) is 2.56. The smallest absolute Gasteiger partial charge is 0.229 e. The Hall–Kier alpha value is -3.93. The molecule has 2 heterocycles. The number of aromatic nitrogens is 1. The number of fused-ring (bicyclic) bond motifs is 1. The molecular weight excluding hydrogens is 417 g/mol. The molecule has 2 amide bonds. The molecule has 1 N–H and O–H groups in total. The van der Waals surface area contributed by atoms with E-state index in [1.165, 1.54) is 12.1 Å². The van der Waals surface area contributed by atoms with E-state index in [0.29, 0.717) is 6.42 Å². The van der Waals surface area contributed by atoms with Crippen LogP contribution in [0.4, 0.5) is 10.1 Å². The molecule has 6 heteroatoms. The van der Waals surface area contributed by atoms with Crippen LogP contribution in [0.15, 0.2) is 85.1 Å². The van der Waals surface area contributed by atoms with E-state index in [1.807, 2.05) is 65.4 Å². The highest BCUT2D eigenvalue weighted by atomic mass is 19.1. The predicted octanol–water partition coefficient (Wildman–Crippen LogP) is 5.14. The number of anilines is 1. The Labute approximate surface area is 191 Å². The molecular formula is C27H24FN3O2. The van der Waals surface area contributed by atoms with Gasteiger partial charge < -0.3 is 14.8 Å². The van der Waals surface area contributed by atoms with Gasteiger partial charge in [0.15, 0.2) is 0 Å². The van der Waals surface area contributed by atoms with E-state index in [0.717, 1.165) is 27.8 Å². The van der Waals surface area contributed by atoms with Crippen molar-refractivity contribution in [2.24, 2.45) is 0 Å². The van der Waals surface area contributed by atoms with Crippen molar-refractivity contribution in [2.45, 2.75) is 31.8 Å². The van der Waals surface area contributed by atoms with Crippen LogP contribution in [0.5, 0.6) is 0 Å². The van der Waals surface area contributed by atoms with E-state index in [2.05, 4.69) is 5.32 Å². The highest BCUT2D eigenvalue weighted by Crippen LogP contribution is 2.38. The van der Waals surface area contributed by atoms with Crippen molar-refractivity contribution in [1.82, 2.24) is 9.88 Å². The first kappa shape index (κ1) is 20.9. The van der Waals surface area contributed by atoms with Crippen LogP contribution in [0.25, 0.3) is 16.6 Å². The van der Waals surface area contributed by atoms with Gasteiger partial charge in [0.2, 0.25) is 11.8 Å². The molecule has 2 atom stereocenters. The van der Waals surface area contributed by atoms with Crippen LogP contribution in [0.1, 0.15) is 31.4 Å². The van der Waals surface area contributed by atoms with Crippen LogP contribution in [-0.4, -0.2) is 22.4 Å². The molecule has 1 fully saturated rings. The fourth-order valence-electron chi connectivity index (χ4n) is 4.61. The SMILES string of the molecule is CCC(=O)N[C@@H]1CC(=O)N(c2ccc3c(ccn3-c3ccc(F)cc3)c2)[C@H]1c1ccccc1. The van der Waals surface area contributed by atoms with Crippen molar-refractivity contribution in [3.63, 3.8) is 0 Å². The minimum atomic E-state index is -0.299. The minimum Gasteiger partial charge on any atom is -0.350 e. The van der Waals surface area contributed by atoms with Crippen molar-refractivity contribution in [1.29, 1.82) is 0 Å². The maximum atomic E-state index is 13.3. The lowest BCUT2D eigenvalue weighted by atomic mass is 9.99. The summed E-state index contributed by atoms with van der Waals surface area (Å²) in [7, 11) is 0. The van der Waals surface area contributed by atoms with Gasteiger partial charge in [-0.05, 0) is 54.1 Å². The maximum absolute atomic E-state index is 13.3. The van der Waals surface area contributed by atoms with E-state index in [4.69, 9.17) is 0 Å². The summed E-state index contributed by atoms with van der Waals surface area (Å²) in [6.45, 7) is 1.81. The zero-order chi connectivity index (χ0) is 22.9. The van der Waals surface area contributed by atoms with E-state index >= 15 is 0 Å². The Bertz CT molecular complexity index is 1310. The monoisotopic (exact) mass is 441 g/mol. The summed E-state index contributed by atoms with van der Waals surface area (Å²) in [4.78, 5) is 27.1. The molecule has 0 radical (unpaired) electrons. The summed E-state index contributed by atoms with van der Waals surface area (Å²) >= 11 is 0. The van der Waals surface area contributed by atoms with Gasteiger partial charge in [0, 0.05) is 35.8 Å². The van der Waals surface area contributed by atoms with Crippen LogP contribution < -0.4 is 10.2 Å². The molecule has 0 saturated carbocycles. The van der Waals surface area contributed by atoms with Crippen LogP contribution in [-0.2, 0) is 9.59 Å². The van der Waals surface area contributed by atoms with E-state index in [1.54, 1.807) is 24.0 Å². The Morgan fingerprint density at radius 2 is 1.73 bits per heavy atom. The molecule has 3 aromatic carbocycles. The van der Waals surface area contributed by atoms with Gasteiger partial charge in [0.25, 0.3) is 0 Å². The average molecular weight is 442 g/mol. The van der Waals surface area contributed by atoms with Gasteiger partial charge in [-0.25, -0.2) is 4.39 Å². The maximum Gasteiger partial charge on any atom is 0.229 e. The Morgan fingerprint density at radius 3 is 2.45 bits per heavy atom. The van der Waals surface area contributed by atoms with Crippen LogP contribution in [0, 0.1) is 5.82 Å². The van der Waals surface area contributed by atoms with E-state index in [9.17, 15) is 14.0 Å². The second kappa shape index (κ2) is 8.54. The normalized spacial score (nSPS) is 18.1. The number of carbonyl (C=O) groups excluding carboxylic acids is 2. The van der Waals surface area contributed by atoms with Gasteiger partial charge in [0.05, 0.1) is 17.6 Å². The van der Waals surface area contributed by atoms with Crippen molar-refractivity contribution < 1.29 is 14.0 Å². The van der Waals surface area contributed by atoms with E-state index < -0.39 is 0 Å². The van der Waals surface area contributed by atoms with Crippen molar-refractivity contribution >= 4 is 28.4 Å².